The maximum Gasteiger partial charge on any atom is 0.252 e. The molecule has 1 rings (SSSR count). The Labute approximate surface area is 108 Å². The molecule has 0 bridgehead atoms. The molecule has 88 valence electrons. The standard InChI is InChI=1S/C11H14BrClN2O/c12-10-4-3-8(13)7-9(10)11(16)15-6-2-1-5-14/h3-4,7H,1-2,5-6,14H2,(H,15,16). The lowest BCUT2D eigenvalue weighted by molar-refractivity contribution is 0.0952. The summed E-state index contributed by atoms with van der Waals surface area (Å²) in [5.41, 5.74) is 5.92. The second kappa shape index (κ2) is 6.89. The Balaban J connectivity index is 2.55. The molecule has 1 aromatic carbocycles. The van der Waals surface area contributed by atoms with Crippen LogP contribution in [0.1, 0.15) is 23.2 Å². The molecule has 1 aromatic rings. The molecule has 16 heavy (non-hydrogen) atoms. The third-order valence-corrected chi connectivity index (χ3v) is 3.02. The molecule has 0 saturated carbocycles. The summed E-state index contributed by atoms with van der Waals surface area (Å²) < 4.78 is 0.744. The van der Waals surface area contributed by atoms with Crippen LogP contribution in [0.4, 0.5) is 0 Å². The summed E-state index contributed by atoms with van der Waals surface area (Å²) in [6.07, 6.45) is 1.80. The Kier molecular flexibility index (Phi) is 5.80. The third kappa shape index (κ3) is 4.12. The number of carbonyl (C=O) groups is 1. The van der Waals surface area contributed by atoms with Gasteiger partial charge in [-0.3, -0.25) is 4.79 Å². The van der Waals surface area contributed by atoms with E-state index in [4.69, 9.17) is 17.3 Å². The Hall–Kier alpha value is -0.580. The van der Waals surface area contributed by atoms with Crippen LogP contribution in [0.2, 0.25) is 5.02 Å². The van der Waals surface area contributed by atoms with E-state index in [9.17, 15) is 4.79 Å². The number of rotatable bonds is 5. The molecule has 0 aliphatic rings. The van der Waals surface area contributed by atoms with Crippen molar-refractivity contribution in [2.24, 2.45) is 5.73 Å². The highest BCUT2D eigenvalue weighted by molar-refractivity contribution is 9.10. The number of halogens is 2. The number of unbranched alkanes of at least 4 members (excludes halogenated alkanes) is 1. The van der Waals surface area contributed by atoms with Gasteiger partial charge < -0.3 is 11.1 Å². The SMILES string of the molecule is NCCCCNC(=O)c1cc(Cl)ccc1Br. The summed E-state index contributed by atoms with van der Waals surface area (Å²) in [5.74, 6) is -0.119. The quantitative estimate of drug-likeness (QED) is 0.822. The molecule has 0 heterocycles. The average molecular weight is 306 g/mol. The normalized spacial score (nSPS) is 10.2. The van der Waals surface area contributed by atoms with Gasteiger partial charge in [-0.05, 0) is 53.5 Å². The fourth-order valence-electron chi connectivity index (χ4n) is 1.24. The molecular formula is C11H14BrClN2O. The minimum absolute atomic E-state index is 0.119. The van der Waals surface area contributed by atoms with Crippen LogP contribution in [0, 0.1) is 0 Å². The van der Waals surface area contributed by atoms with Crippen molar-refractivity contribution in [3.63, 3.8) is 0 Å². The molecule has 5 heteroatoms. The highest BCUT2D eigenvalue weighted by Crippen LogP contribution is 2.20. The summed E-state index contributed by atoms with van der Waals surface area (Å²) >= 11 is 9.14. The smallest absolute Gasteiger partial charge is 0.252 e. The van der Waals surface area contributed by atoms with Gasteiger partial charge in [-0.1, -0.05) is 11.6 Å². The van der Waals surface area contributed by atoms with Crippen LogP contribution in [0.5, 0.6) is 0 Å². The van der Waals surface area contributed by atoms with E-state index in [0.29, 0.717) is 23.7 Å². The predicted molar refractivity (Wildman–Crippen MR) is 69.8 cm³/mol. The zero-order valence-electron chi connectivity index (χ0n) is 8.80. The van der Waals surface area contributed by atoms with Gasteiger partial charge in [0.05, 0.1) is 5.56 Å². The third-order valence-electron chi connectivity index (χ3n) is 2.09. The maximum atomic E-state index is 11.7. The Bertz CT molecular complexity index is 371. The van der Waals surface area contributed by atoms with Crippen LogP contribution in [0.3, 0.4) is 0 Å². The van der Waals surface area contributed by atoms with Crippen LogP contribution >= 0.6 is 27.5 Å². The molecule has 3 N–H and O–H groups in total. The van der Waals surface area contributed by atoms with E-state index in [-0.39, 0.29) is 5.91 Å². The van der Waals surface area contributed by atoms with Crippen molar-refractivity contribution in [3.05, 3.63) is 33.3 Å². The maximum absolute atomic E-state index is 11.7. The Morgan fingerprint density at radius 2 is 2.19 bits per heavy atom. The van der Waals surface area contributed by atoms with E-state index >= 15 is 0 Å². The number of nitrogens with one attached hydrogen (secondary N) is 1. The molecule has 1 amide bonds. The van der Waals surface area contributed by atoms with Crippen molar-refractivity contribution in [2.75, 3.05) is 13.1 Å². The summed E-state index contributed by atoms with van der Waals surface area (Å²) in [4.78, 5) is 11.7. The highest BCUT2D eigenvalue weighted by atomic mass is 79.9. The van der Waals surface area contributed by atoms with Crippen LogP contribution in [0.15, 0.2) is 22.7 Å². The number of carbonyl (C=O) groups excluding carboxylic acids is 1. The first-order valence-corrected chi connectivity index (χ1v) is 6.25. The van der Waals surface area contributed by atoms with Crippen molar-refractivity contribution in [2.45, 2.75) is 12.8 Å². The predicted octanol–water partition coefficient (Wildman–Crippen LogP) is 2.57. The second-order valence-electron chi connectivity index (χ2n) is 3.38. The summed E-state index contributed by atoms with van der Waals surface area (Å²) in [6, 6.07) is 5.14. The van der Waals surface area contributed by atoms with Gasteiger partial charge in [-0.15, -0.1) is 0 Å². The van der Waals surface area contributed by atoms with Gasteiger partial charge in [-0.25, -0.2) is 0 Å². The molecule has 3 nitrogen and oxygen atoms in total. The number of amides is 1. The molecule has 0 radical (unpaired) electrons. The van der Waals surface area contributed by atoms with E-state index in [1.165, 1.54) is 0 Å². The molecule has 0 spiro atoms. The Morgan fingerprint density at radius 3 is 2.88 bits per heavy atom. The van der Waals surface area contributed by atoms with Crippen molar-refractivity contribution < 1.29 is 4.79 Å². The minimum Gasteiger partial charge on any atom is -0.352 e. The first-order valence-electron chi connectivity index (χ1n) is 5.08. The highest BCUT2D eigenvalue weighted by Gasteiger charge is 2.09. The van der Waals surface area contributed by atoms with Gasteiger partial charge in [-0.2, -0.15) is 0 Å². The molecule has 0 saturated heterocycles. The van der Waals surface area contributed by atoms with E-state index < -0.39 is 0 Å². The number of benzene rings is 1. The van der Waals surface area contributed by atoms with E-state index in [1.807, 2.05) is 0 Å². The molecule has 0 unspecified atom stereocenters. The zero-order valence-corrected chi connectivity index (χ0v) is 11.1. The van der Waals surface area contributed by atoms with Crippen LogP contribution in [-0.4, -0.2) is 19.0 Å². The first-order chi connectivity index (χ1) is 7.65. The van der Waals surface area contributed by atoms with Gasteiger partial charge in [0.1, 0.15) is 0 Å². The Morgan fingerprint density at radius 1 is 1.44 bits per heavy atom. The fourth-order valence-corrected chi connectivity index (χ4v) is 1.84. The van der Waals surface area contributed by atoms with Crippen molar-refractivity contribution >= 4 is 33.4 Å². The largest absolute Gasteiger partial charge is 0.352 e. The molecule has 0 atom stereocenters. The van der Waals surface area contributed by atoms with Gasteiger partial charge >= 0.3 is 0 Å². The summed E-state index contributed by atoms with van der Waals surface area (Å²) in [7, 11) is 0. The number of hydrogen-bond acceptors (Lipinski definition) is 2. The monoisotopic (exact) mass is 304 g/mol. The van der Waals surface area contributed by atoms with Gasteiger partial charge in [0.25, 0.3) is 5.91 Å². The van der Waals surface area contributed by atoms with Crippen molar-refractivity contribution in [3.8, 4) is 0 Å². The molecule has 0 aliphatic heterocycles. The lowest BCUT2D eigenvalue weighted by Crippen LogP contribution is -2.25. The van der Waals surface area contributed by atoms with Crippen LogP contribution in [0.25, 0.3) is 0 Å². The molecular weight excluding hydrogens is 291 g/mol. The average Bonchev–Trinajstić information content (AvgIpc) is 2.27. The number of nitrogens with two attached hydrogens (primary N) is 1. The summed E-state index contributed by atoms with van der Waals surface area (Å²) in [5, 5.41) is 3.37. The van der Waals surface area contributed by atoms with Gasteiger partial charge in [0.2, 0.25) is 0 Å². The lowest BCUT2D eigenvalue weighted by Gasteiger charge is -2.06. The first kappa shape index (κ1) is 13.5. The minimum atomic E-state index is -0.119. The summed E-state index contributed by atoms with van der Waals surface area (Å²) in [6.45, 7) is 1.28. The van der Waals surface area contributed by atoms with Gasteiger partial charge in [0.15, 0.2) is 0 Å². The van der Waals surface area contributed by atoms with Gasteiger partial charge in [0, 0.05) is 16.0 Å². The van der Waals surface area contributed by atoms with E-state index in [0.717, 1.165) is 17.3 Å². The zero-order chi connectivity index (χ0) is 12.0. The molecule has 0 aliphatic carbocycles. The van der Waals surface area contributed by atoms with Crippen LogP contribution < -0.4 is 11.1 Å². The number of hydrogen-bond donors (Lipinski definition) is 2. The molecule has 0 fully saturated rings. The molecule has 0 aromatic heterocycles. The second-order valence-corrected chi connectivity index (χ2v) is 4.67. The van der Waals surface area contributed by atoms with Crippen molar-refractivity contribution in [1.82, 2.24) is 5.32 Å². The van der Waals surface area contributed by atoms with E-state index in [1.54, 1.807) is 18.2 Å². The lowest BCUT2D eigenvalue weighted by atomic mass is 10.2. The fraction of sp³-hybridized carbons (Fsp3) is 0.364. The van der Waals surface area contributed by atoms with Crippen molar-refractivity contribution in [1.29, 1.82) is 0 Å². The topological polar surface area (TPSA) is 55.1 Å². The van der Waals surface area contributed by atoms with E-state index in [2.05, 4.69) is 21.2 Å². The van der Waals surface area contributed by atoms with Crippen LogP contribution in [-0.2, 0) is 0 Å².